The summed E-state index contributed by atoms with van der Waals surface area (Å²) < 4.78 is 0. The molecule has 14 nitrogen and oxygen atoms in total. The van der Waals surface area contributed by atoms with Crippen LogP contribution in [0.5, 0.6) is 0 Å². The van der Waals surface area contributed by atoms with Gasteiger partial charge in [-0.25, -0.2) is 0 Å². The molecule has 0 unspecified atom stereocenters. The largest absolute Gasteiger partial charge is 0.480 e. The molecular formula is C20H36N4O10. The van der Waals surface area contributed by atoms with Crippen molar-refractivity contribution in [1.29, 1.82) is 0 Å². The lowest BCUT2D eigenvalue weighted by atomic mass is 9.87. The second kappa shape index (κ2) is 15.5. The maximum absolute atomic E-state index is 12.4. The molecule has 0 saturated heterocycles. The summed E-state index contributed by atoms with van der Waals surface area (Å²) >= 11 is 0. The number of amides is 2. The molecule has 0 heterocycles. The van der Waals surface area contributed by atoms with E-state index in [4.69, 9.17) is 0 Å². The predicted octanol–water partition coefficient (Wildman–Crippen LogP) is -3.99. The van der Waals surface area contributed by atoms with Crippen molar-refractivity contribution in [3.8, 4) is 0 Å². The molecule has 0 aliphatic heterocycles. The molecule has 2 atom stereocenters. The summed E-state index contributed by atoms with van der Waals surface area (Å²) in [5.41, 5.74) is 0. The number of carboxylic acid groups (broad SMARTS) is 2. The van der Waals surface area contributed by atoms with Crippen molar-refractivity contribution in [2.75, 3.05) is 52.6 Å². The number of carbonyl (C=O) groups excluding carboxylic acids is 2. The van der Waals surface area contributed by atoms with Crippen LogP contribution in [-0.2, 0) is 19.2 Å². The third kappa shape index (κ3) is 10.3. The summed E-state index contributed by atoms with van der Waals surface area (Å²) in [4.78, 5) is 50.7. The third-order valence-corrected chi connectivity index (χ3v) is 5.61. The van der Waals surface area contributed by atoms with Crippen LogP contribution in [0.15, 0.2) is 0 Å². The van der Waals surface area contributed by atoms with E-state index >= 15 is 0 Å². The molecule has 34 heavy (non-hydrogen) atoms. The van der Waals surface area contributed by atoms with Crippen molar-refractivity contribution in [1.82, 2.24) is 20.4 Å². The first-order chi connectivity index (χ1) is 16.1. The molecule has 0 radical (unpaired) electrons. The summed E-state index contributed by atoms with van der Waals surface area (Å²) in [6.07, 6.45) is 2.34. The minimum Gasteiger partial charge on any atom is -0.480 e. The third-order valence-electron chi connectivity index (χ3n) is 5.61. The van der Waals surface area contributed by atoms with Gasteiger partial charge in [-0.2, -0.15) is 0 Å². The Hall–Kier alpha value is -2.36. The predicted molar refractivity (Wildman–Crippen MR) is 117 cm³/mol. The van der Waals surface area contributed by atoms with Gasteiger partial charge in [0.05, 0.1) is 64.7 Å². The summed E-state index contributed by atoms with van der Waals surface area (Å²) in [5.74, 6) is -3.63. The van der Waals surface area contributed by atoms with Gasteiger partial charge in [0.15, 0.2) is 0 Å². The number of carbonyl (C=O) groups is 4. The second-order valence-electron chi connectivity index (χ2n) is 8.28. The standard InChI is InChI=1S/C20H36N4O10/c25-9-13(10-26)21-17(29)5-23(7-19(31)32)15-3-1-2-4-16(15)24(8-20(33)34)6-18(30)22-14(11-27)12-28/h13-16,25-28H,1-12H2,(H,21,29)(H,22,30)(H,31,32)(H,33,34)/t15-,16-/m1/s1. The van der Waals surface area contributed by atoms with E-state index in [1.807, 2.05) is 0 Å². The zero-order valence-corrected chi connectivity index (χ0v) is 19.0. The number of aliphatic hydroxyl groups excluding tert-OH is 4. The second-order valence-corrected chi connectivity index (χ2v) is 8.28. The van der Waals surface area contributed by atoms with Gasteiger partial charge in [-0.15, -0.1) is 0 Å². The van der Waals surface area contributed by atoms with Crippen molar-refractivity contribution in [2.45, 2.75) is 49.9 Å². The SMILES string of the molecule is O=C(O)CN(CC(=O)NC(CO)CO)[C@@H]1CCCC[C@H]1N(CC(=O)O)CC(=O)NC(CO)CO. The minimum atomic E-state index is -1.20. The van der Waals surface area contributed by atoms with Crippen LogP contribution < -0.4 is 10.6 Å². The summed E-state index contributed by atoms with van der Waals surface area (Å²) in [7, 11) is 0. The van der Waals surface area contributed by atoms with E-state index in [9.17, 15) is 49.8 Å². The van der Waals surface area contributed by atoms with Gasteiger partial charge >= 0.3 is 11.9 Å². The topological polar surface area (TPSA) is 220 Å². The molecule has 1 aliphatic rings. The van der Waals surface area contributed by atoms with Gasteiger partial charge in [-0.1, -0.05) is 12.8 Å². The number of aliphatic hydroxyl groups is 4. The first-order valence-electron chi connectivity index (χ1n) is 11.1. The highest BCUT2D eigenvalue weighted by Gasteiger charge is 2.37. The normalized spacial score (nSPS) is 18.5. The molecule has 196 valence electrons. The zero-order valence-electron chi connectivity index (χ0n) is 19.0. The van der Waals surface area contributed by atoms with E-state index in [1.54, 1.807) is 0 Å². The van der Waals surface area contributed by atoms with E-state index in [2.05, 4.69) is 10.6 Å². The Morgan fingerprint density at radius 1 is 0.647 bits per heavy atom. The van der Waals surface area contributed by atoms with Gasteiger partial charge in [0.2, 0.25) is 11.8 Å². The maximum Gasteiger partial charge on any atom is 0.317 e. The van der Waals surface area contributed by atoms with Gasteiger partial charge in [-0.3, -0.25) is 29.0 Å². The number of rotatable bonds is 16. The van der Waals surface area contributed by atoms with Gasteiger partial charge in [-0.05, 0) is 12.8 Å². The molecule has 1 rings (SSSR count). The van der Waals surface area contributed by atoms with Crippen LogP contribution in [0.4, 0.5) is 0 Å². The number of aliphatic carboxylic acids is 2. The highest BCUT2D eigenvalue weighted by atomic mass is 16.4. The number of nitrogens with zero attached hydrogens (tertiary/aromatic N) is 2. The van der Waals surface area contributed by atoms with Crippen LogP contribution in [0.2, 0.25) is 0 Å². The van der Waals surface area contributed by atoms with Crippen molar-refractivity contribution in [3.63, 3.8) is 0 Å². The van der Waals surface area contributed by atoms with Gasteiger partial charge in [0.1, 0.15) is 0 Å². The highest BCUT2D eigenvalue weighted by molar-refractivity contribution is 5.80. The minimum absolute atomic E-state index is 0.367. The lowest BCUT2D eigenvalue weighted by Crippen LogP contribution is -2.59. The van der Waals surface area contributed by atoms with Gasteiger partial charge in [0.25, 0.3) is 0 Å². The fourth-order valence-electron chi connectivity index (χ4n) is 4.09. The molecule has 14 heteroatoms. The molecule has 0 bridgehead atoms. The number of hydrogen-bond acceptors (Lipinski definition) is 10. The first-order valence-corrected chi connectivity index (χ1v) is 11.1. The Morgan fingerprint density at radius 3 is 1.24 bits per heavy atom. The van der Waals surface area contributed by atoms with Crippen molar-refractivity contribution in [3.05, 3.63) is 0 Å². The maximum atomic E-state index is 12.4. The van der Waals surface area contributed by atoms with Crippen molar-refractivity contribution >= 4 is 23.8 Å². The molecule has 0 aromatic carbocycles. The fraction of sp³-hybridized carbons (Fsp3) is 0.800. The van der Waals surface area contributed by atoms with E-state index in [0.717, 1.165) is 0 Å². The number of nitrogens with one attached hydrogen (secondary N) is 2. The van der Waals surface area contributed by atoms with Crippen LogP contribution >= 0.6 is 0 Å². The molecular weight excluding hydrogens is 456 g/mol. The van der Waals surface area contributed by atoms with Crippen LogP contribution in [0, 0.1) is 0 Å². The van der Waals surface area contributed by atoms with Crippen molar-refractivity contribution < 1.29 is 49.8 Å². The number of carboxylic acids is 2. The fourth-order valence-corrected chi connectivity index (χ4v) is 4.09. The molecule has 0 aromatic rings. The summed E-state index contributed by atoms with van der Waals surface area (Å²) in [5, 5.41) is 60.3. The molecule has 1 fully saturated rings. The quantitative estimate of drug-likeness (QED) is 0.103. The van der Waals surface area contributed by atoms with Crippen LogP contribution in [0.3, 0.4) is 0 Å². The van der Waals surface area contributed by atoms with Gasteiger partial charge < -0.3 is 41.3 Å². The smallest absolute Gasteiger partial charge is 0.317 e. The Morgan fingerprint density at radius 2 is 0.971 bits per heavy atom. The van der Waals surface area contributed by atoms with Crippen LogP contribution in [0.25, 0.3) is 0 Å². The molecule has 0 aromatic heterocycles. The Bertz CT molecular complexity index is 616. The number of hydrogen-bond donors (Lipinski definition) is 8. The highest BCUT2D eigenvalue weighted by Crippen LogP contribution is 2.27. The van der Waals surface area contributed by atoms with E-state index in [0.29, 0.717) is 25.7 Å². The summed E-state index contributed by atoms with van der Waals surface area (Å²) in [6, 6.07) is -2.93. The average Bonchev–Trinajstić information content (AvgIpc) is 2.79. The molecule has 1 aliphatic carbocycles. The Labute approximate surface area is 197 Å². The monoisotopic (exact) mass is 492 g/mol. The zero-order chi connectivity index (χ0) is 25.7. The van der Waals surface area contributed by atoms with Crippen LogP contribution in [0.1, 0.15) is 25.7 Å². The molecule has 8 N–H and O–H groups in total. The van der Waals surface area contributed by atoms with Crippen molar-refractivity contribution in [2.24, 2.45) is 0 Å². The lowest BCUT2D eigenvalue weighted by molar-refractivity contribution is -0.144. The summed E-state index contributed by atoms with van der Waals surface area (Å²) in [6.45, 7) is -3.77. The van der Waals surface area contributed by atoms with Gasteiger partial charge in [0, 0.05) is 12.1 Å². The Balaban J connectivity index is 3.10. The molecule has 1 saturated carbocycles. The Kier molecular flexibility index (Phi) is 13.5. The van der Waals surface area contributed by atoms with E-state index in [-0.39, 0.29) is 13.1 Å². The first kappa shape index (κ1) is 29.7. The van der Waals surface area contributed by atoms with E-state index in [1.165, 1.54) is 9.80 Å². The molecule has 0 spiro atoms. The molecule has 2 amide bonds. The lowest BCUT2D eigenvalue weighted by Gasteiger charge is -2.44. The average molecular weight is 493 g/mol. The van der Waals surface area contributed by atoms with Crippen LogP contribution in [-0.4, -0.2) is 141 Å². The van der Waals surface area contributed by atoms with E-state index < -0.39 is 87.4 Å².